The Morgan fingerprint density at radius 2 is 1.79 bits per heavy atom. The summed E-state index contributed by atoms with van der Waals surface area (Å²) in [6.45, 7) is 4.59. The molecule has 1 heterocycles. The predicted molar refractivity (Wildman–Crippen MR) is 132 cm³/mol. The van der Waals surface area contributed by atoms with Crippen LogP contribution in [0, 0.1) is 13.8 Å². The van der Waals surface area contributed by atoms with Crippen molar-refractivity contribution in [3.63, 3.8) is 0 Å². The van der Waals surface area contributed by atoms with E-state index in [0.717, 1.165) is 22.0 Å². The third-order valence-corrected chi connectivity index (χ3v) is 6.01. The number of rotatable bonds is 9. The molecule has 0 unspecified atom stereocenters. The molecule has 6 nitrogen and oxygen atoms in total. The van der Waals surface area contributed by atoms with E-state index in [0.29, 0.717) is 18.1 Å². The highest BCUT2D eigenvalue weighted by molar-refractivity contribution is 7.98. The van der Waals surface area contributed by atoms with Gasteiger partial charge >= 0.3 is 0 Å². The summed E-state index contributed by atoms with van der Waals surface area (Å²) in [6.07, 6.45) is 3.34. The van der Waals surface area contributed by atoms with E-state index in [-0.39, 0.29) is 0 Å². The Bertz CT molecular complexity index is 1240. The number of benzene rings is 3. The van der Waals surface area contributed by atoms with Crippen LogP contribution >= 0.6 is 11.8 Å². The zero-order chi connectivity index (χ0) is 23.0. The summed E-state index contributed by atoms with van der Waals surface area (Å²) in [6, 6.07) is 22.5. The van der Waals surface area contributed by atoms with Crippen LogP contribution in [0.4, 0.5) is 0 Å². The highest BCUT2D eigenvalue weighted by Gasteiger charge is 2.11. The number of thioether (sulfide) groups is 1. The fourth-order valence-electron chi connectivity index (χ4n) is 3.26. The first-order chi connectivity index (χ1) is 16.1. The predicted octanol–water partition coefficient (Wildman–Crippen LogP) is 5.66. The van der Waals surface area contributed by atoms with Crippen LogP contribution in [-0.4, -0.2) is 28.2 Å². The summed E-state index contributed by atoms with van der Waals surface area (Å²) < 4.78 is 13.4. The molecule has 0 radical (unpaired) electrons. The lowest BCUT2D eigenvalue weighted by atomic mass is 10.1. The topological polar surface area (TPSA) is 61.5 Å². The zero-order valence-electron chi connectivity index (χ0n) is 18.9. The molecule has 168 valence electrons. The van der Waals surface area contributed by atoms with E-state index in [9.17, 15) is 0 Å². The highest BCUT2D eigenvalue weighted by Crippen LogP contribution is 2.31. The fraction of sp³-hybridized carbons (Fsp3) is 0.192. The molecule has 0 saturated heterocycles. The smallest absolute Gasteiger partial charge is 0.212 e. The van der Waals surface area contributed by atoms with E-state index in [2.05, 4.69) is 65.5 Å². The highest BCUT2D eigenvalue weighted by atomic mass is 32.2. The Kier molecular flexibility index (Phi) is 7.42. The van der Waals surface area contributed by atoms with Gasteiger partial charge in [0.25, 0.3) is 0 Å². The van der Waals surface area contributed by atoms with E-state index >= 15 is 0 Å². The molecule has 0 N–H and O–H groups in total. The number of ether oxygens (including phenoxy) is 2. The van der Waals surface area contributed by atoms with Gasteiger partial charge < -0.3 is 9.47 Å². The van der Waals surface area contributed by atoms with Gasteiger partial charge in [-0.1, -0.05) is 77.5 Å². The van der Waals surface area contributed by atoms with Crippen molar-refractivity contribution in [2.45, 2.75) is 31.4 Å². The van der Waals surface area contributed by atoms with Crippen molar-refractivity contribution < 1.29 is 9.47 Å². The third-order valence-electron chi connectivity index (χ3n) is 5.00. The summed E-state index contributed by atoms with van der Waals surface area (Å²) in [4.78, 5) is 0. The molecule has 7 heteroatoms. The summed E-state index contributed by atoms with van der Waals surface area (Å²) in [5.74, 6) is 2.09. The molecule has 1 aromatic heterocycles. The molecule has 0 atom stereocenters. The first kappa shape index (κ1) is 22.6. The summed E-state index contributed by atoms with van der Waals surface area (Å²) >= 11 is 1.59. The van der Waals surface area contributed by atoms with Crippen LogP contribution in [0.3, 0.4) is 0 Å². The van der Waals surface area contributed by atoms with Crippen LogP contribution in [0.15, 0.2) is 83.3 Å². The first-order valence-corrected chi connectivity index (χ1v) is 11.6. The molecule has 4 aromatic rings. The van der Waals surface area contributed by atoms with Gasteiger partial charge in [0, 0.05) is 11.3 Å². The van der Waals surface area contributed by atoms with Gasteiger partial charge in [-0.3, -0.25) is 0 Å². The monoisotopic (exact) mass is 458 g/mol. The average Bonchev–Trinajstić information content (AvgIpc) is 3.28. The molecular formula is C26H26N4O2S. The Hall–Kier alpha value is -3.58. The second-order valence-electron chi connectivity index (χ2n) is 7.63. The van der Waals surface area contributed by atoms with E-state index in [1.165, 1.54) is 16.7 Å². The molecule has 0 amide bonds. The normalized spacial score (nSPS) is 11.1. The maximum atomic E-state index is 6.15. The lowest BCUT2D eigenvalue weighted by molar-refractivity contribution is 0.284. The second kappa shape index (κ2) is 10.8. The van der Waals surface area contributed by atoms with Crippen LogP contribution in [0.25, 0.3) is 0 Å². The van der Waals surface area contributed by atoms with E-state index in [1.54, 1.807) is 36.1 Å². The molecule has 0 fully saturated rings. The van der Waals surface area contributed by atoms with Gasteiger partial charge in [0.15, 0.2) is 11.5 Å². The molecule has 0 bridgehead atoms. The number of hydrogen-bond donors (Lipinski definition) is 0. The Balaban J connectivity index is 1.50. The number of hydrogen-bond acceptors (Lipinski definition) is 6. The number of nitrogens with zero attached hydrogens (tertiary/aromatic N) is 4. The number of aryl methyl sites for hydroxylation is 2. The quantitative estimate of drug-likeness (QED) is 0.239. The van der Waals surface area contributed by atoms with Gasteiger partial charge in [0.2, 0.25) is 5.16 Å². The van der Waals surface area contributed by atoms with Crippen LogP contribution in [0.2, 0.25) is 0 Å². The summed E-state index contributed by atoms with van der Waals surface area (Å²) in [7, 11) is 1.63. The van der Waals surface area contributed by atoms with Crippen molar-refractivity contribution in [2.24, 2.45) is 5.10 Å². The van der Waals surface area contributed by atoms with Crippen LogP contribution in [0.1, 0.15) is 27.8 Å². The molecule has 0 aliphatic rings. The van der Waals surface area contributed by atoms with Crippen LogP contribution in [0.5, 0.6) is 11.5 Å². The van der Waals surface area contributed by atoms with Crippen molar-refractivity contribution >= 4 is 18.0 Å². The van der Waals surface area contributed by atoms with Gasteiger partial charge in [-0.15, -0.1) is 10.2 Å². The molecule has 0 spiro atoms. The van der Waals surface area contributed by atoms with E-state index in [4.69, 9.17) is 9.47 Å². The Morgan fingerprint density at radius 3 is 2.58 bits per heavy atom. The van der Waals surface area contributed by atoms with Gasteiger partial charge in [-0.05, 0) is 37.1 Å². The zero-order valence-corrected chi connectivity index (χ0v) is 19.7. The first-order valence-electron chi connectivity index (χ1n) is 10.6. The van der Waals surface area contributed by atoms with Crippen molar-refractivity contribution in [2.75, 3.05) is 7.11 Å². The maximum Gasteiger partial charge on any atom is 0.212 e. The van der Waals surface area contributed by atoms with Gasteiger partial charge in [-0.25, -0.2) is 0 Å². The minimum atomic E-state index is 0.438. The molecule has 0 saturated carbocycles. The lowest BCUT2D eigenvalue weighted by Gasteiger charge is -2.13. The van der Waals surface area contributed by atoms with E-state index < -0.39 is 0 Å². The van der Waals surface area contributed by atoms with Crippen molar-refractivity contribution in [3.8, 4) is 11.5 Å². The fourth-order valence-corrected chi connectivity index (χ4v) is 4.08. The van der Waals surface area contributed by atoms with Gasteiger partial charge in [-0.2, -0.15) is 9.78 Å². The largest absolute Gasteiger partial charge is 0.493 e. The summed E-state index contributed by atoms with van der Waals surface area (Å²) in [5, 5.41) is 13.5. The average molecular weight is 459 g/mol. The molecule has 33 heavy (non-hydrogen) atoms. The Labute approximate surface area is 198 Å². The molecule has 3 aromatic carbocycles. The lowest BCUT2D eigenvalue weighted by Crippen LogP contribution is -2.02. The third kappa shape index (κ3) is 6.02. The number of para-hydroxylation sites is 1. The summed E-state index contributed by atoms with van der Waals surface area (Å²) in [5.41, 5.74) is 5.57. The number of methoxy groups -OCH3 is 1. The standard InChI is InChI=1S/C26H26N4O2S/c1-19-10-12-21(13-11-19)17-33-26-29-27-18-30(26)28-15-23-8-5-9-24(31-3)25(23)32-16-22-7-4-6-20(2)14-22/h4-15,18H,16-17H2,1-3H3/b28-15-. The van der Waals surface area contributed by atoms with E-state index in [1.807, 2.05) is 30.3 Å². The van der Waals surface area contributed by atoms with Crippen LogP contribution in [-0.2, 0) is 12.4 Å². The maximum absolute atomic E-state index is 6.15. The van der Waals surface area contributed by atoms with Crippen molar-refractivity contribution in [1.29, 1.82) is 0 Å². The molecule has 4 rings (SSSR count). The van der Waals surface area contributed by atoms with Crippen molar-refractivity contribution in [3.05, 3.63) is 101 Å². The number of aromatic nitrogens is 3. The minimum absolute atomic E-state index is 0.438. The SMILES string of the molecule is COc1cccc(/C=N\n2cnnc2SCc2ccc(C)cc2)c1OCc1cccc(C)c1. The van der Waals surface area contributed by atoms with Crippen molar-refractivity contribution in [1.82, 2.24) is 14.9 Å². The molecular weight excluding hydrogens is 432 g/mol. The van der Waals surface area contributed by atoms with Crippen LogP contribution < -0.4 is 9.47 Å². The molecule has 0 aliphatic carbocycles. The minimum Gasteiger partial charge on any atom is -0.493 e. The van der Waals surface area contributed by atoms with Gasteiger partial charge in [0.05, 0.1) is 13.3 Å². The Morgan fingerprint density at radius 1 is 0.970 bits per heavy atom. The van der Waals surface area contributed by atoms with Gasteiger partial charge in [0.1, 0.15) is 12.9 Å². The second-order valence-corrected chi connectivity index (χ2v) is 8.58. The molecule has 0 aliphatic heterocycles.